The van der Waals surface area contributed by atoms with Gasteiger partial charge in [-0.15, -0.1) is 0 Å². The van der Waals surface area contributed by atoms with Gasteiger partial charge in [-0.3, -0.25) is 9.69 Å². The van der Waals surface area contributed by atoms with Crippen LogP contribution in [0.15, 0.2) is 36.4 Å². The van der Waals surface area contributed by atoms with Crippen LogP contribution in [0.3, 0.4) is 0 Å². The lowest BCUT2D eigenvalue weighted by Gasteiger charge is -2.32. The molecule has 0 unspecified atom stereocenters. The third kappa shape index (κ3) is 5.96. The fourth-order valence-electron chi connectivity index (χ4n) is 5.32. The maximum atomic E-state index is 13.2. The van der Waals surface area contributed by atoms with Crippen molar-refractivity contribution in [2.45, 2.75) is 38.0 Å². The number of pyridine rings is 1. The van der Waals surface area contributed by atoms with Crippen LogP contribution in [0.4, 0.5) is 4.39 Å². The number of hydrogen-bond donors (Lipinski definition) is 1. The predicted octanol–water partition coefficient (Wildman–Crippen LogP) is 2.15. The van der Waals surface area contributed by atoms with E-state index in [0.29, 0.717) is 37.7 Å². The van der Waals surface area contributed by atoms with Gasteiger partial charge in [-0.05, 0) is 36.5 Å². The summed E-state index contributed by atoms with van der Waals surface area (Å²) in [6.07, 6.45) is 1.96. The Hall–Kier alpha value is -2.75. The minimum absolute atomic E-state index is 0.0151. The number of amides is 1. The molecule has 1 aromatic carbocycles. The van der Waals surface area contributed by atoms with Crippen LogP contribution in [0.2, 0.25) is 0 Å². The highest BCUT2D eigenvalue weighted by molar-refractivity contribution is 5.96. The first-order chi connectivity index (χ1) is 17.6. The lowest BCUT2D eigenvalue weighted by molar-refractivity contribution is 0.0501. The highest BCUT2D eigenvalue weighted by Gasteiger charge is 2.28. The Morgan fingerprint density at radius 2 is 1.86 bits per heavy atom. The number of aromatic nitrogens is 1. The number of aliphatic hydroxyl groups is 1. The van der Waals surface area contributed by atoms with Gasteiger partial charge < -0.3 is 24.4 Å². The molecule has 0 aliphatic carbocycles. The van der Waals surface area contributed by atoms with Gasteiger partial charge >= 0.3 is 0 Å². The summed E-state index contributed by atoms with van der Waals surface area (Å²) in [5, 5.41) is 10.8. The zero-order valence-corrected chi connectivity index (χ0v) is 20.6. The van der Waals surface area contributed by atoms with Crippen LogP contribution in [0, 0.1) is 0 Å². The number of β-amino-alcohol motifs (C(OH)–C–C–N with tert-alkyl or cyclic N) is 1. The van der Waals surface area contributed by atoms with E-state index in [1.54, 1.807) is 17.0 Å². The molecule has 2 aromatic rings. The quantitative estimate of drug-likeness (QED) is 0.598. The first-order valence-electron chi connectivity index (χ1n) is 12.9. The van der Waals surface area contributed by atoms with Gasteiger partial charge in [0, 0.05) is 51.9 Å². The second-order valence-corrected chi connectivity index (χ2v) is 9.86. The van der Waals surface area contributed by atoms with Crippen molar-refractivity contribution in [3.8, 4) is 11.8 Å². The lowest BCUT2D eigenvalue weighted by atomic mass is 10.00. The average molecular weight is 499 g/mol. The molecule has 36 heavy (non-hydrogen) atoms. The van der Waals surface area contributed by atoms with Crippen LogP contribution in [-0.4, -0.2) is 102 Å². The molecule has 3 aliphatic heterocycles. The molecule has 9 heteroatoms. The van der Waals surface area contributed by atoms with Crippen molar-refractivity contribution in [1.82, 2.24) is 19.7 Å². The van der Waals surface area contributed by atoms with E-state index in [4.69, 9.17) is 9.47 Å². The maximum Gasteiger partial charge on any atom is 0.259 e. The first kappa shape index (κ1) is 24.9. The molecule has 1 aromatic heterocycles. The van der Waals surface area contributed by atoms with Gasteiger partial charge in [-0.1, -0.05) is 24.3 Å². The highest BCUT2D eigenvalue weighted by Crippen LogP contribution is 2.26. The summed E-state index contributed by atoms with van der Waals surface area (Å²) in [7, 11) is 0. The number of ether oxygens (including phenoxy) is 2. The van der Waals surface area contributed by atoms with Gasteiger partial charge in [0.15, 0.2) is 0 Å². The number of alkyl halides is 1. The van der Waals surface area contributed by atoms with E-state index < -0.39 is 6.10 Å². The van der Waals surface area contributed by atoms with Crippen molar-refractivity contribution in [3.05, 3.63) is 53.1 Å². The number of benzene rings is 1. The summed E-state index contributed by atoms with van der Waals surface area (Å²) in [5.74, 6) is 0.519. The van der Waals surface area contributed by atoms with Crippen LogP contribution in [0.5, 0.6) is 11.8 Å². The standard InChI is InChI=1S/C27H35FN4O4/c28-10-14-30-12-8-23(9-13-30)36-25-6-5-24-26(29-25)35-16-15-32(27(24)34)19-22(33)18-31-11-7-20-3-1-2-4-21(20)17-31/h1-6,22-23,33H,7-19H2/t22-/m1/s1. The molecule has 0 bridgehead atoms. The van der Waals surface area contributed by atoms with E-state index in [9.17, 15) is 14.3 Å². The van der Waals surface area contributed by atoms with Crippen LogP contribution < -0.4 is 9.47 Å². The molecule has 1 atom stereocenters. The van der Waals surface area contributed by atoms with Crippen LogP contribution in [0.1, 0.15) is 34.3 Å². The van der Waals surface area contributed by atoms with E-state index in [-0.39, 0.29) is 31.1 Å². The Morgan fingerprint density at radius 1 is 1.06 bits per heavy atom. The van der Waals surface area contributed by atoms with E-state index in [1.165, 1.54) is 11.1 Å². The molecule has 4 heterocycles. The lowest BCUT2D eigenvalue weighted by Crippen LogP contribution is -2.44. The summed E-state index contributed by atoms with van der Waals surface area (Å²) in [4.78, 5) is 23.7. The monoisotopic (exact) mass is 498 g/mol. The van der Waals surface area contributed by atoms with Gasteiger partial charge in [-0.25, -0.2) is 4.39 Å². The maximum absolute atomic E-state index is 13.2. The fourth-order valence-corrected chi connectivity index (χ4v) is 5.32. The topological polar surface area (TPSA) is 78.4 Å². The Bertz CT molecular complexity index is 1050. The van der Waals surface area contributed by atoms with Gasteiger partial charge in [0.05, 0.1) is 12.6 Å². The molecule has 8 nitrogen and oxygen atoms in total. The number of aliphatic hydroxyl groups excluding tert-OH is 1. The first-order valence-corrected chi connectivity index (χ1v) is 12.9. The van der Waals surface area contributed by atoms with Crippen molar-refractivity contribution in [1.29, 1.82) is 0 Å². The Kier molecular flexibility index (Phi) is 7.99. The molecule has 1 fully saturated rings. The zero-order chi connectivity index (χ0) is 24.9. The Morgan fingerprint density at radius 3 is 2.67 bits per heavy atom. The highest BCUT2D eigenvalue weighted by atomic mass is 19.1. The number of piperidine rings is 1. The van der Waals surface area contributed by atoms with E-state index in [1.807, 2.05) is 6.07 Å². The Balaban J connectivity index is 1.16. The molecule has 1 saturated heterocycles. The number of rotatable bonds is 8. The molecule has 1 amide bonds. The van der Waals surface area contributed by atoms with Crippen molar-refractivity contribution in [3.63, 3.8) is 0 Å². The van der Waals surface area contributed by atoms with Crippen molar-refractivity contribution in [2.24, 2.45) is 0 Å². The fraction of sp³-hybridized carbons (Fsp3) is 0.556. The third-order valence-electron chi connectivity index (χ3n) is 7.28. The number of carbonyl (C=O) groups is 1. The molecular formula is C27H35FN4O4. The van der Waals surface area contributed by atoms with Crippen molar-refractivity contribution >= 4 is 5.91 Å². The van der Waals surface area contributed by atoms with Gasteiger partial charge in [-0.2, -0.15) is 4.98 Å². The van der Waals surface area contributed by atoms with Gasteiger partial charge in [0.2, 0.25) is 11.8 Å². The van der Waals surface area contributed by atoms with Crippen LogP contribution >= 0.6 is 0 Å². The van der Waals surface area contributed by atoms with Crippen LogP contribution in [0.25, 0.3) is 0 Å². The van der Waals surface area contributed by atoms with E-state index >= 15 is 0 Å². The number of nitrogens with zero attached hydrogens (tertiary/aromatic N) is 4. The van der Waals surface area contributed by atoms with Crippen molar-refractivity contribution in [2.75, 3.05) is 59.1 Å². The smallest absolute Gasteiger partial charge is 0.259 e. The second-order valence-electron chi connectivity index (χ2n) is 9.86. The number of halogens is 1. The van der Waals surface area contributed by atoms with E-state index in [0.717, 1.165) is 45.4 Å². The average Bonchev–Trinajstić information content (AvgIpc) is 3.03. The minimum Gasteiger partial charge on any atom is -0.475 e. The number of hydrogen-bond acceptors (Lipinski definition) is 7. The van der Waals surface area contributed by atoms with Gasteiger partial charge in [0.25, 0.3) is 5.91 Å². The Labute approximate surface area is 211 Å². The molecule has 0 spiro atoms. The summed E-state index contributed by atoms with van der Waals surface area (Å²) in [6.45, 7) is 4.91. The number of likely N-dealkylation sites (tertiary alicyclic amines) is 1. The zero-order valence-electron chi connectivity index (χ0n) is 20.6. The summed E-state index contributed by atoms with van der Waals surface area (Å²) in [6, 6.07) is 11.8. The molecule has 1 N–H and O–H groups in total. The van der Waals surface area contributed by atoms with Crippen LogP contribution in [-0.2, 0) is 13.0 Å². The molecule has 3 aliphatic rings. The summed E-state index contributed by atoms with van der Waals surface area (Å²) in [5.41, 5.74) is 3.06. The molecular weight excluding hydrogens is 463 g/mol. The largest absolute Gasteiger partial charge is 0.475 e. The van der Waals surface area contributed by atoms with Crippen molar-refractivity contribution < 1.29 is 23.8 Å². The SMILES string of the molecule is O=C1c2ccc(OC3CCN(CCF)CC3)nc2OCCN1C[C@H](O)CN1CCc2ccccc2C1. The second kappa shape index (κ2) is 11.5. The predicted molar refractivity (Wildman–Crippen MR) is 133 cm³/mol. The number of fused-ring (bicyclic) bond motifs is 2. The summed E-state index contributed by atoms with van der Waals surface area (Å²) >= 11 is 0. The number of carbonyl (C=O) groups excluding carboxylic acids is 1. The summed E-state index contributed by atoms with van der Waals surface area (Å²) < 4.78 is 24.4. The molecule has 5 rings (SSSR count). The molecule has 0 radical (unpaired) electrons. The van der Waals surface area contributed by atoms with Gasteiger partial charge in [0.1, 0.15) is 24.9 Å². The van der Waals surface area contributed by atoms with E-state index in [2.05, 4.69) is 33.0 Å². The normalized spacial score (nSPS) is 20.3. The molecule has 194 valence electrons. The third-order valence-corrected chi connectivity index (χ3v) is 7.28. The molecule has 0 saturated carbocycles. The minimum atomic E-state index is -0.653.